The summed E-state index contributed by atoms with van der Waals surface area (Å²) in [5, 5.41) is 0. The van der Waals surface area contributed by atoms with Gasteiger partial charge in [-0.25, -0.2) is 4.98 Å². The zero-order chi connectivity index (χ0) is 7.56. The van der Waals surface area contributed by atoms with Gasteiger partial charge < -0.3 is 4.57 Å². The quantitative estimate of drug-likeness (QED) is 0.734. The fraction of sp³-hybridized carbons (Fsp3) is 0.571. The highest BCUT2D eigenvalue weighted by atomic mass is 127. The molecular weight excluding hydrogens is 239 g/mol. The second kappa shape index (κ2) is 3.37. The monoisotopic (exact) mass is 250 g/mol. The molecule has 3 heteroatoms. The van der Waals surface area contributed by atoms with Gasteiger partial charge >= 0.3 is 0 Å². The van der Waals surface area contributed by atoms with Crippen LogP contribution >= 0.6 is 22.6 Å². The topological polar surface area (TPSA) is 17.8 Å². The van der Waals surface area contributed by atoms with Crippen LogP contribution in [0.1, 0.15) is 19.7 Å². The van der Waals surface area contributed by atoms with Crippen molar-refractivity contribution in [3.05, 3.63) is 15.7 Å². The molecule has 0 amide bonds. The molecule has 56 valence electrons. The van der Waals surface area contributed by atoms with Crippen LogP contribution < -0.4 is 0 Å². The van der Waals surface area contributed by atoms with E-state index in [-0.39, 0.29) is 0 Å². The second-order valence-electron chi connectivity index (χ2n) is 2.12. The lowest BCUT2D eigenvalue weighted by Crippen LogP contribution is -1.98. The highest BCUT2D eigenvalue weighted by Crippen LogP contribution is 2.05. The summed E-state index contributed by atoms with van der Waals surface area (Å²) < 4.78 is 3.28. The lowest BCUT2D eigenvalue weighted by molar-refractivity contribution is 0.705. The smallest absolute Gasteiger partial charge is 0.119 e. The summed E-state index contributed by atoms with van der Waals surface area (Å²) in [6.07, 6.45) is 3.11. The van der Waals surface area contributed by atoms with Gasteiger partial charge in [0.25, 0.3) is 0 Å². The Labute approximate surface area is 74.8 Å². The van der Waals surface area contributed by atoms with E-state index in [9.17, 15) is 0 Å². The zero-order valence-electron chi connectivity index (χ0n) is 6.26. The molecule has 10 heavy (non-hydrogen) atoms. The van der Waals surface area contributed by atoms with Crippen molar-refractivity contribution in [1.82, 2.24) is 9.55 Å². The molecule has 1 heterocycles. The summed E-state index contributed by atoms with van der Waals surface area (Å²) in [7, 11) is 0. The average Bonchev–Trinajstić information content (AvgIpc) is 2.30. The largest absolute Gasteiger partial charge is 0.334 e. The molecule has 0 N–H and O–H groups in total. The van der Waals surface area contributed by atoms with E-state index in [1.807, 2.05) is 0 Å². The molecule has 1 aromatic rings. The predicted octanol–water partition coefficient (Wildman–Crippen LogP) is 2.07. The van der Waals surface area contributed by atoms with E-state index in [1.165, 1.54) is 5.82 Å². The number of halogens is 1. The second-order valence-corrected chi connectivity index (χ2v) is 3.22. The van der Waals surface area contributed by atoms with Crippen LogP contribution in [-0.4, -0.2) is 9.55 Å². The Hall–Kier alpha value is -0.0600. The number of nitrogens with zero attached hydrogens (tertiary/aromatic N) is 2. The van der Waals surface area contributed by atoms with Crippen LogP contribution in [0.4, 0.5) is 0 Å². The molecule has 0 saturated heterocycles. The number of hydrogen-bond donors (Lipinski definition) is 0. The van der Waals surface area contributed by atoms with Gasteiger partial charge in [0.2, 0.25) is 0 Å². The minimum Gasteiger partial charge on any atom is -0.334 e. The molecule has 0 bridgehead atoms. The molecule has 1 rings (SSSR count). The SMILES string of the molecule is CCc1nc(I)cn1CC. The number of rotatable bonds is 2. The van der Waals surface area contributed by atoms with Gasteiger partial charge in [0, 0.05) is 19.2 Å². The third-order valence-electron chi connectivity index (χ3n) is 1.49. The fourth-order valence-corrected chi connectivity index (χ4v) is 1.59. The lowest BCUT2D eigenvalue weighted by atomic mass is 10.4. The number of imidazole rings is 1. The lowest BCUT2D eigenvalue weighted by Gasteiger charge is -1.98. The van der Waals surface area contributed by atoms with Crippen molar-refractivity contribution < 1.29 is 0 Å². The summed E-state index contributed by atoms with van der Waals surface area (Å²) >= 11 is 2.24. The fourth-order valence-electron chi connectivity index (χ4n) is 0.975. The first-order valence-electron chi connectivity index (χ1n) is 3.49. The van der Waals surface area contributed by atoms with Crippen LogP contribution in [0, 0.1) is 3.70 Å². The zero-order valence-corrected chi connectivity index (χ0v) is 8.42. The molecular formula is C7H11IN2. The van der Waals surface area contributed by atoms with Crippen LogP contribution in [0.5, 0.6) is 0 Å². The maximum atomic E-state index is 4.35. The molecule has 0 aliphatic heterocycles. The Morgan fingerprint density at radius 2 is 2.30 bits per heavy atom. The minimum absolute atomic E-state index is 1.02. The van der Waals surface area contributed by atoms with Gasteiger partial charge in [0.15, 0.2) is 0 Å². The van der Waals surface area contributed by atoms with E-state index < -0.39 is 0 Å². The third kappa shape index (κ3) is 1.51. The van der Waals surface area contributed by atoms with Crippen LogP contribution in [-0.2, 0) is 13.0 Å². The Morgan fingerprint density at radius 1 is 1.60 bits per heavy atom. The first kappa shape index (κ1) is 8.04. The van der Waals surface area contributed by atoms with Crippen molar-refractivity contribution >= 4 is 22.6 Å². The summed E-state index contributed by atoms with van der Waals surface area (Å²) in [5.74, 6) is 1.19. The van der Waals surface area contributed by atoms with E-state index in [4.69, 9.17) is 0 Å². The summed E-state index contributed by atoms with van der Waals surface area (Å²) in [6, 6.07) is 0. The standard InChI is InChI=1S/C7H11IN2/c1-3-7-9-6(8)5-10(7)4-2/h5H,3-4H2,1-2H3. The average molecular weight is 250 g/mol. The van der Waals surface area contributed by atoms with Crippen molar-refractivity contribution in [1.29, 1.82) is 0 Å². The Balaban J connectivity index is 2.96. The van der Waals surface area contributed by atoms with Crippen molar-refractivity contribution in [2.24, 2.45) is 0 Å². The van der Waals surface area contributed by atoms with Crippen molar-refractivity contribution in [2.75, 3.05) is 0 Å². The van der Waals surface area contributed by atoms with Crippen LogP contribution in [0.15, 0.2) is 6.20 Å². The maximum absolute atomic E-state index is 4.35. The molecule has 0 aliphatic rings. The van der Waals surface area contributed by atoms with Crippen LogP contribution in [0.25, 0.3) is 0 Å². The molecule has 0 unspecified atom stereocenters. The minimum atomic E-state index is 1.02. The van der Waals surface area contributed by atoms with Gasteiger partial charge in [0.05, 0.1) is 0 Å². The molecule has 0 aliphatic carbocycles. The van der Waals surface area contributed by atoms with E-state index in [2.05, 4.69) is 52.2 Å². The van der Waals surface area contributed by atoms with Crippen LogP contribution in [0.2, 0.25) is 0 Å². The Morgan fingerprint density at radius 3 is 2.70 bits per heavy atom. The molecule has 0 aromatic carbocycles. The van der Waals surface area contributed by atoms with Crippen molar-refractivity contribution in [3.63, 3.8) is 0 Å². The van der Waals surface area contributed by atoms with Gasteiger partial charge in [-0.1, -0.05) is 6.92 Å². The highest BCUT2D eigenvalue weighted by molar-refractivity contribution is 14.1. The molecule has 1 aromatic heterocycles. The molecule has 0 atom stereocenters. The highest BCUT2D eigenvalue weighted by Gasteiger charge is 2.00. The number of aryl methyl sites for hydroxylation is 2. The molecule has 0 spiro atoms. The molecule has 0 fully saturated rings. The van der Waals surface area contributed by atoms with E-state index >= 15 is 0 Å². The molecule has 0 saturated carbocycles. The normalized spacial score (nSPS) is 10.3. The first-order valence-corrected chi connectivity index (χ1v) is 4.57. The number of hydrogen-bond acceptors (Lipinski definition) is 1. The molecule has 0 radical (unpaired) electrons. The Bertz CT molecular complexity index is 196. The van der Waals surface area contributed by atoms with Gasteiger partial charge in [-0.2, -0.15) is 0 Å². The van der Waals surface area contributed by atoms with Crippen LogP contribution in [0.3, 0.4) is 0 Å². The van der Waals surface area contributed by atoms with E-state index in [1.54, 1.807) is 0 Å². The summed E-state index contributed by atoms with van der Waals surface area (Å²) in [6.45, 7) is 5.29. The summed E-state index contributed by atoms with van der Waals surface area (Å²) in [4.78, 5) is 4.35. The van der Waals surface area contributed by atoms with Gasteiger partial charge in [-0.05, 0) is 29.5 Å². The maximum Gasteiger partial charge on any atom is 0.119 e. The van der Waals surface area contributed by atoms with E-state index in [0.29, 0.717) is 0 Å². The Kier molecular flexibility index (Phi) is 2.71. The van der Waals surface area contributed by atoms with Gasteiger partial charge in [0.1, 0.15) is 9.53 Å². The summed E-state index contributed by atoms with van der Waals surface area (Å²) in [5.41, 5.74) is 0. The number of aromatic nitrogens is 2. The predicted molar refractivity (Wildman–Crippen MR) is 50.0 cm³/mol. The van der Waals surface area contributed by atoms with Gasteiger partial charge in [-0.15, -0.1) is 0 Å². The van der Waals surface area contributed by atoms with E-state index in [0.717, 1.165) is 16.7 Å². The third-order valence-corrected chi connectivity index (χ3v) is 2.01. The van der Waals surface area contributed by atoms with Crippen molar-refractivity contribution in [3.8, 4) is 0 Å². The first-order chi connectivity index (χ1) is 4.77. The molecule has 2 nitrogen and oxygen atoms in total. The van der Waals surface area contributed by atoms with Crippen molar-refractivity contribution in [2.45, 2.75) is 26.8 Å². The van der Waals surface area contributed by atoms with Gasteiger partial charge in [-0.3, -0.25) is 0 Å².